The predicted molar refractivity (Wildman–Crippen MR) is 98.4 cm³/mol. The number of pyridine rings is 1. The quantitative estimate of drug-likeness (QED) is 0.396. The fraction of sp³-hybridized carbons (Fsp3) is 0.556. The molecule has 0 spiro atoms. The second-order valence-electron chi connectivity index (χ2n) is 7.02. The van der Waals surface area contributed by atoms with Gasteiger partial charge in [-0.25, -0.2) is 4.98 Å². The van der Waals surface area contributed by atoms with Crippen LogP contribution in [0.5, 0.6) is 11.8 Å². The third kappa shape index (κ3) is 8.02. The van der Waals surface area contributed by atoms with Crippen LogP contribution in [0.3, 0.4) is 0 Å². The van der Waals surface area contributed by atoms with Crippen LogP contribution >= 0.6 is 0 Å². The molecule has 1 aliphatic heterocycles. The molecule has 1 amide bonds. The summed E-state index contributed by atoms with van der Waals surface area (Å²) in [4.78, 5) is 15.3. The first kappa shape index (κ1) is 25.5. The molecule has 16 heteroatoms. The zero-order valence-electron chi connectivity index (χ0n) is 17.3. The first-order chi connectivity index (χ1) is 16.0. The van der Waals surface area contributed by atoms with E-state index in [1.54, 1.807) is 0 Å². The molecule has 3 heterocycles. The maximum Gasteiger partial charge on any atom is 0.522 e. The van der Waals surface area contributed by atoms with E-state index in [2.05, 4.69) is 30.6 Å². The number of halogens is 6. The number of rotatable bonds is 9. The van der Waals surface area contributed by atoms with Gasteiger partial charge in [0.1, 0.15) is 18.1 Å². The molecule has 0 bridgehead atoms. The number of nitrogens with one attached hydrogen (secondary N) is 2. The molecule has 0 unspecified atom stereocenters. The maximum atomic E-state index is 12.5. The lowest BCUT2D eigenvalue weighted by atomic mass is 10.0. The van der Waals surface area contributed by atoms with Crippen molar-refractivity contribution in [1.82, 2.24) is 25.8 Å². The lowest BCUT2D eigenvalue weighted by Crippen LogP contribution is -2.48. The highest BCUT2D eigenvalue weighted by molar-refractivity contribution is 5.77. The van der Waals surface area contributed by atoms with Crippen molar-refractivity contribution in [2.45, 2.75) is 37.5 Å². The molecule has 188 valence electrons. The molecule has 10 nitrogen and oxygen atoms in total. The first-order valence-corrected chi connectivity index (χ1v) is 9.85. The number of carbonyl (C=O) groups excluding carboxylic acids is 1. The average molecular weight is 499 g/mol. The van der Waals surface area contributed by atoms with Crippen molar-refractivity contribution in [2.75, 3.05) is 26.4 Å². The van der Waals surface area contributed by atoms with Crippen LogP contribution in [0.15, 0.2) is 22.7 Å². The normalized spacial score (nSPS) is 19.0. The number of hydrogen-bond acceptors (Lipinski definition) is 9. The van der Waals surface area contributed by atoms with Gasteiger partial charge in [-0.2, -0.15) is 13.2 Å². The summed E-state index contributed by atoms with van der Waals surface area (Å²) in [5.74, 6) is -0.279. The summed E-state index contributed by atoms with van der Waals surface area (Å²) in [5, 5.41) is 13.2. The molecule has 1 aliphatic rings. The number of amides is 1. The van der Waals surface area contributed by atoms with Gasteiger partial charge < -0.3 is 24.5 Å². The van der Waals surface area contributed by atoms with Gasteiger partial charge in [-0.1, -0.05) is 5.10 Å². The lowest BCUT2D eigenvalue weighted by molar-refractivity contribution is -0.325. The van der Waals surface area contributed by atoms with Crippen molar-refractivity contribution in [3.63, 3.8) is 0 Å². The maximum absolute atomic E-state index is 12.5. The predicted octanol–water partition coefficient (Wildman–Crippen LogP) is 2.39. The smallest absolute Gasteiger partial charge is 0.482 e. The van der Waals surface area contributed by atoms with Crippen molar-refractivity contribution in [2.24, 2.45) is 0 Å². The van der Waals surface area contributed by atoms with Crippen molar-refractivity contribution >= 4 is 5.91 Å². The highest BCUT2D eigenvalue weighted by Crippen LogP contribution is 2.28. The second-order valence-corrected chi connectivity index (χ2v) is 7.02. The number of hydrogen-bond donors (Lipinski definition) is 2. The van der Waals surface area contributed by atoms with E-state index in [1.807, 2.05) is 0 Å². The standard InChI is InChI=1S/C18H19F6N5O5/c19-17(20,21)13-4-2-11(8-26-13)32-9-14(30)27-10-1-3-12(25-7-10)15-28-29-16(34-15)31-5-6-33-18(22,23)24/h2,4,8,10,12,25H,1,3,5-7,9H2,(H,27,30)/t10-,12+/m0/s1. The molecule has 2 aromatic heterocycles. The van der Waals surface area contributed by atoms with Gasteiger partial charge in [-0.15, -0.1) is 18.3 Å². The van der Waals surface area contributed by atoms with Crippen LogP contribution < -0.4 is 20.1 Å². The van der Waals surface area contributed by atoms with Crippen LogP contribution in [-0.4, -0.2) is 59.9 Å². The number of alkyl halides is 6. The molecule has 34 heavy (non-hydrogen) atoms. The highest BCUT2D eigenvalue weighted by atomic mass is 19.4. The van der Waals surface area contributed by atoms with Gasteiger partial charge in [0.05, 0.1) is 18.8 Å². The van der Waals surface area contributed by atoms with Crippen molar-refractivity contribution in [3.8, 4) is 11.8 Å². The van der Waals surface area contributed by atoms with Gasteiger partial charge in [0.25, 0.3) is 5.91 Å². The summed E-state index contributed by atoms with van der Waals surface area (Å²) in [6.07, 6.45) is -7.71. The van der Waals surface area contributed by atoms with Crippen LogP contribution in [0.4, 0.5) is 26.3 Å². The minimum atomic E-state index is -4.76. The molecule has 2 atom stereocenters. The van der Waals surface area contributed by atoms with Crippen LogP contribution in [0.25, 0.3) is 0 Å². The molecule has 0 radical (unpaired) electrons. The number of nitrogens with zero attached hydrogens (tertiary/aromatic N) is 3. The van der Waals surface area contributed by atoms with E-state index in [1.165, 1.54) is 0 Å². The van der Waals surface area contributed by atoms with Gasteiger partial charge >= 0.3 is 18.6 Å². The molecule has 1 saturated heterocycles. The number of ether oxygens (including phenoxy) is 3. The van der Waals surface area contributed by atoms with E-state index in [9.17, 15) is 31.1 Å². The number of carbonyl (C=O) groups is 1. The van der Waals surface area contributed by atoms with E-state index in [-0.39, 0.29) is 29.8 Å². The molecule has 2 aromatic rings. The fourth-order valence-corrected chi connectivity index (χ4v) is 2.95. The van der Waals surface area contributed by atoms with Gasteiger partial charge in [0.2, 0.25) is 5.89 Å². The average Bonchev–Trinajstić information content (AvgIpc) is 3.24. The minimum Gasteiger partial charge on any atom is -0.482 e. The van der Waals surface area contributed by atoms with Crippen molar-refractivity contribution < 1.29 is 49.8 Å². The van der Waals surface area contributed by atoms with E-state index < -0.39 is 44.0 Å². The Balaban J connectivity index is 1.35. The molecule has 3 rings (SSSR count). The van der Waals surface area contributed by atoms with Gasteiger partial charge in [0, 0.05) is 12.6 Å². The Kier molecular flexibility index (Phi) is 8.14. The summed E-state index contributed by atoms with van der Waals surface area (Å²) in [5.41, 5.74) is -1.07. The van der Waals surface area contributed by atoms with E-state index >= 15 is 0 Å². The van der Waals surface area contributed by atoms with Crippen molar-refractivity contribution in [1.29, 1.82) is 0 Å². The third-order valence-electron chi connectivity index (χ3n) is 4.47. The SMILES string of the molecule is O=C(COc1ccc(C(F)(F)F)nc1)N[C@H]1CC[C@H](c2nnc(OCCOC(F)(F)F)o2)NC1. The fourth-order valence-electron chi connectivity index (χ4n) is 2.95. The van der Waals surface area contributed by atoms with Gasteiger partial charge in [-0.05, 0) is 25.0 Å². The Labute approximate surface area is 188 Å². The van der Waals surface area contributed by atoms with E-state index in [0.29, 0.717) is 19.4 Å². The molecular formula is C18H19F6N5O5. The molecular weight excluding hydrogens is 480 g/mol. The third-order valence-corrected chi connectivity index (χ3v) is 4.47. The number of aromatic nitrogens is 3. The Bertz CT molecular complexity index is 929. The second kappa shape index (κ2) is 10.9. The first-order valence-electron chi connectivity index (χ1n) is 9.85. The zero-order valence-corrected chi connectivity index (χ0v) is 17.3. The molecule has 2 N–H and O–H groups in total. The van der Waals surface area contributed by atoms with Crippen LogP contribution in [0, 0.1) is 0 Å². The molecule has 1 fully saturated rings. The van der Waals surface area contributed by atoms with E-state index in [4.69, 9.17) is 13.9 Å². The Morgan fingerprint density at radius 1 is 1.12 bits per heavy atom. The summed E-state index contributed by atoms with van der Waals surface area (Å²) in [7, 11) is 0. The summed E-state index contributed by atoms with van der Waals surface area (Å²) in [6, 6.07) is 1.22. The monoisotopic (exact) mass is 499 g/mol. The van der Waals surface area contributed by atoms with Crippen LogP contribution in [0.1, 0.15) is 30.5 Å². The van der Waals surface area contributed by atoms with Crippen LogP contribution in [0.2, 0.25) is 0 Å². The Hall–Kier alpha value is -3.14. The Morgan fingerprint density at radius 2 is 1.91 bits per heavy atom. The highest BCUT2D eigenvalue weighted by Gasteiger charge is 2.32. The Morgan fingerprint density at radius 3 is 2.53 bits per heavy atom. The zero-order chi connectivity index (χ0) is 24.8. The largest absolute Gasteiger partial charge is 0.522 e. The van der Waals surface area contributed by atoms with E-state index in [0.717, 1.165) is 18.3 Å². The van der Waals surface area contributed by atoms with Crippen molar-refractivity contribution in [3.05, 3.63) is 29.9 Å². The molecule has 0 aliphatic carbocycles. The van der Waals surface area contributed by atoms with Gasteiger partial charge in [0.15, 0.2) is 6.61 Å². The van der Waals surface area contributed by atoms with Crippen LogP contribution in [-0.2, 0) is 15.7 Å². The molecule has 0 aromatic carbocycles. The topological polar surface area (TPSA) is 121 Å². The summed E-state index contributed by atoms with van der Waals surface area (Å²) < 4.78 is 92.1. The minimum absolute atomic E-state index is 0.0179. The molecule has 0 saturated carbocycles. The lowest BCUT2D eigenvalue weighted by Gasteiger charge is -2.28. The van der Waals surface area contributed by atoms with Gasteiger partial charge in [-0.3, -0.25) is 9.53 Å². The summed E-state index contributed by atoms with van der Waals surface area (Å²) >= 11 is 0. The number of piperidine rings is 1. The summed E-state index contributed by atoms with van der Waals surface area (Å²) in [6.45, 7) is -1.23.